The van der Waals surface area contributed by atoms with Crippen molar-refractivity contribution in [3.05, 3.63) is 46.8 Å². The van der Waals surface area contributed by atoms with Crippen LogP contribution in [0, 0.1) is 0 Å². The van der Waals surface area contributed by atoms with Gasteiger partial charge in [-0.3, -0.25) is 4.79 Å². The molecule has 26 heavy (non-hydrogen) atoms. The third kappa shape index (κ3) is 3.08. The molecule has 5 nitrogen and oxygen atoms in total. The van der Waals surface area contributed by atoms with Crippen LogP contribution in [-0.2, 0) is 27.7 Å². The van der Waals surface area contributed by atoms with Gasteiger partial charge in [0.25, 0.3) is 10.0 Å². The summed E-state index contributed by atoms with van der Waals surface area (Å²) >= 11 is 1.22. The number of thiophene rings is 1. The van der Waals surface area contributed by atoms with E-state index < -0.39 is 10.0 Å². The predicted octanol–water partition coefficient (Wildman–Crippen LogP) is 3.05. The van der Waals surface area contributed by atoms with E-state index in [4.69, 9.17) is 0 Å². The SMILES string of the molecule is CC1Cc2ccccc2N1C(=O)Cc1ccc(S(=O)(=O)N2CCCC2)s1. The van der Waals surface area contributed by atoms with E-state index in [2.05, 4.69) is 13.0 Å². The zero-order chi connectivity index (χ0) is 18.3. The van der Waals surface area contributed by atoms with Gasteiger partial charge in [0, 0.05) is 29.7 Å². The van der Waals surface area contributed by atoms with Gasteiger partial charge in [-0.25, -0.2) is 8.42 Å². The maximum absolute atomic E-state index is 12.9. The molecule has 1 amide bonds. The van der Waals surface area contributed by atoms with Gasteiger partial charge >= 0.3 is 0 Å². The summed E-state index contributed by atoms with van der Waals surface area (Å²) < 4.78 is 27.2. The second-order valence-electron chi connectivity index (χ2n) is 6.95. The number of anilines is 1. The van der Waals surface area contributed by atoms with Crippen LogP contribution in [0.1, 0.15) is 30.2 Å². The molecule has 0 saturated carbocycles. The average Bonchev–Trinajstić information content (AvgIpc) is 3.33. The van der Waals surface area contributed by atoms with E-state index in [0.29, 0.717) is 17.3 Å². The van der Waals surface area contributed by atoms with Crippen molar-refractivity contribution < 1.29 is 13.2 Å². The quantitative estimate of drug-likeness (QED) is 0.806. The highest BCUT2D eigenvalue weighted by molar-refractivity contribution is 7.91. The molecule has 2 aliphatic rings. The third-order valence-electron chi connectivity index (χ3n) is 5.10. The monoisotopic (exact) mass is 390 g/mol. The van der Waals surface area contributed by atoms with Gasteiger partial charge in [-0.1, -0.05) is 18.2 Å². The molecule has 4 rings (SSSR count). The van der Waals surface area contributed by atoms with Crippen LogP contribution in [0.25, 0.3) is 0 Å². The molecule has 1 atom stereocenters. The van der Waals surface area contributed by atoms with E-state index in [9.17, 15) is 13.2 Å². The number of amides is 1. The molecule has 1 saturated heterocycles. The van der Waals surface area contributed by atoms with Crippen LogP contribution in [0.15, 0.2) is 40.6 Å². The number of carbonyl (C=O) groups is 1. The first-order valence-electron chi connectivity index (χ1n) is 8.95. The van der Waals surface area contributed by atoms with Crippen molar-refractivity contribution in [2.24, 2.45) is 0 Å². The maximum Gasteiger partial charge on any atom is 0.252 e. The molecule has 1 aromatic heterocycles. The highest BCUT2D eigenvalue weighted by Gasteiger charge is 2.32. The summed E-state index contributed by atoms with van der Waals surface area (Å²) in [5.74, 6) is 0.0226. The number of carbonyl (C=O) groups excluding carboxylic acids is 1. The lowest BCUT2D eigenvalue weighted by molar-refractivity contribution is -0.118. The molecule has 138 valence electrons. The van der Waals surface area contributed by atoms with E-state index in [1.165, 1.54) is 16.9 Å². The minimum absolute atomic E-state index is 0.0226. The molecule has 2 aliphatic heterocycles. The highest BCUT2D eigenvalue weighted by atomic mass is 32.2. The number of sulfonamides is 1. The molecule has 1 aromatic carbocycles. The number of benzene rings is 1. The highest BCUT2D eigenvalue weighted by Crippen LogP contribution is 2.33. The summed E-state index contributed by atoms with van der Waals surface area (Å²) in [6, 6.07) is 11.5. The molecule has 1 fully saturated rings. The van der Waals surface area contributed by atoms with Crippen LogP contribution in [0.2, 0.25) is 0 Å². The van der Waals surface area contributed by atoms with Crippen LogP contribution in [0.5, 0.6) is 0 Å². The van der Waals surface area contributed by atoms with Gasteiger partial charge in [0.05, 0.1) is 6.42 Å². The smallest absolute Gasteiger partial charge is 0.252 e. The lowest BCUT2D eigenvalue weighted by Crippen LogP contribution is -2.36. The maximum atomic E-state index is 12.9. The lowest BCUT2D eigenvalue weighted by atomic mass is 10.1. The predicted molar refractivity (Wildman–Crippen MR) is 103 cm³/mol. The summed E-state index contributed by atoms with van der Waals surface area (Å²) in [5.41, 5.74) is 2.17. The Balaban J connectivity index is 1.52. The fourth-order valence-corrected chi connectivity index (χ4v) is 6.85. The Hall–Kier alpha value is -1.70. The average molecular weight is 391 g/mol. The van der Waals surface area contributed by atoms with Gasteiger partial charge in [-0.15, -0.1) is 11.3 Å². The van der Waals surface area contributed by atoms with Crippen molar-refractivity contribution in [2.75, 3.05) is 18.0 Å². The van der Waals surface area contributed by atoms with Crippen LogP contribution in [0.3, 0.4) is 0 Å². The van der Waals surface area contributed by atoms with Crippen LogP contribution < -0.4 is 4.90 Å². The van der Waals surface area contributed by atoms with Gasteiger partial charge in [-0.05, 0) is 49.9 Å². The zero-order valence-corrected chi connectivity index (χ0v) is 16.4. The van der Waals surface area contributed by atoms with Crippen molar-refractivity contribution in [1.29, 1.82) is 0 Å². The van der Waals surface area contributed by atoms with E-state index >= 15 is 0 Å². The number of fused-ring (bicyclic) bond motifs is 1. The third-order valence-corrected chi connectivity index (χ3v) is 8.55. The summed E-state index contributed by atoms with van der Waals surface area (Å²) in [5, 5.41) is 0. The Morgan fingerprint density at radius 2 is 1.88 bits per heavy atom. The number of hydrogen-bond acceptors (Lipinski definition) is 4. The number of rotatable bonds is 4. The first-order chi connectivity index (χ1) is 12.5. The summed E-state index contributed by atoms with van der Waals surface area (Å²) in [7, 11) is -3.41. The number of nitrogens with zero attached hydrogens (tertiary/aromatic N) is 2. The van der Waals surface area contributed by atoms with Crippen LogP contribution in [-0.4, -0.2) is 37.8 Å². The second-order valence-corrected chi connectivity index (χ2v) is 10.3. The van der Waals surface area contributed by atoms with Gasteiger partial charge in [0.15, 0.2) is 0 Å². The number of hydrogen-bond donors (Lipinski definition) is 0. The first-order valence-corrected chi connectivity index (χ1v) is 11.2. The van der Waals surface area contributed by atoms with Crippen molar-refractivity contribution in [3.63, 3.8) is 0 Å². The van der Waals surface area contributed by atoms with E-state index in [1.807, 2.05) is 23.1 Å². The Labute approximate surface area is 158 Å². The molecule has 0 bridgehead atoms. The Kier molecular flexibility index (Phi) is 4.62. The van der Waals surface area contributed by atoms with E-state index in [0.717, 1.165) is 29.8 Å². The molecule has 1 unspecified atom stereocenters. The minimum Gasteiger partial charge on any atom is -0.309 e. The molecular formula is C19H22N2O3S2. The van der Waals surface area contributed by atoms with Gasteiger partial charge in [0.2, 0.25) is 5.91 Å². The largest absolute Gasteiger partial charge is 0.309 e. The van der Waals surface area contributed by atoms with E-state index in [-0.39, 0.29) is 18.4 Å². The molecule has 0 radical (unpaired) electrons. The molecule has 3 heterocycles. The van der Waals surface area contributed by atoms with Gasteiger partial charge in [-0.2, -0.15) is 4.31 Å². The van der Waals surface area contributed by atoms with Crippen LogP contribution >= 0.6 is 11.3 Å². The zero-order valence-electron chi connectivity index (χ0n) is 14.7. The fourth-order valence-electron chi connectivity index (χ4n) is 3.83. The van der Waals surface area contributed by atoms with Crippen LogP contribution in [0.4, 0.5) is 5.69 Å². The van der Waals surface area contributed by atoms with Crippen molar-refractivity contribution in [3.8, 4) is 0 Å². The van der Waals surface area contributed by atoms with Crippen molar-refractivity contribution in [1.82, 2.24) is 4.31 Å². The van der Waals surface area contributed by atoms with E-state index in [1.54, 1.807) is 16.4 Å². The molecule has 0 spiro atoms. The topological polar surface area (TPSA) is 57.7 Å². The van der Waals surface area contributed by atoms with Crippen molar-refractivity contribution >= 4 is 33.0 Å². The second kappa shape index (κ2) is 6.79. The van der Waals surface area contributed by atoms with Crippen molar-refractivity contribution in [2.45, 2.75) is 42.9 Å². The minimum atomic E-state index is -3.41. The van der Waals surface area contributed by atoms with Gasteiger partial charge < -0.3 is 4.90 Å². The first kappa shape index (κ1) is 17.7. The summed E-state index contributed by atoms with van der Waals surface area (Å²) in [6.07, 6.45) is 2.93. The molecule has 7 heteroatoms. The van der Waals surface area contributed by atoms with Gasteiger partial charge in [0.1, 0.15) is 4.21 Å². The summed E-state index contributed by atoms with van der Waals surface area (Å²) in [4.78, 5) is 15.5. The fraction of sp³-hybridized carbons (Fsp3) is 0.421. The molecule has 0 N–H and O–H groups in total. The molecule has 2 aromatic rings. The molecule has 0 aliphatic carbocycles. The normalized spacial score (nSPS) is 20.5. The Morgan fingerprint density at radius 1 is 1.15 bits per heavy atom. The molecular weight excluding hydrogens is 368 g/mol. The number of para-hydroxylation sites is 1. The lowest BCUT2D eigenvalue weighted by Gasteiger charge is -2.22. The summed E-state index contributed by atoms with van der Waals surface area (Å²) in [6.45, 7) is 3.24. The standard InChI is InChI=1S/C19H22N2O3S2/c1-14-12-15-6-2-3-7-17(15)21(14)18(22)13-16-8-9-19(25-16)26(23,24)20-10-4-5-11-20/h2-3,6-9,14H,4-5,10-13H2,1H3. The Bertz CT molecular complexity index is 930. The Morgan fingerprint density at radius 3 is 2.65 bits per heavy atom.